The maximum atomic E-state index is 14.6. The lowest BCUT2D eigenvalue weighted by molar-refractivity contribution is -0.135. The van der Waals surface area contributed by atoms with Crippen molar-refractivity contribution >= 4 is 46.2 Å². The number of piperazine rings is 1. The summed E-state index contributed by atoms with van der Waals surface area (Å²) < 4.78 is 22.8. The molecule has 5 heterocycles. The number of halogens is 1. The highest BCUT2D eigenvalue weighted by Gasteiger charge is 2.40. The minimum absolute atomic E-state index is 0.167. The lowest BCUT2D eigenvalue weighted by Gasteiger charge is -2.35. The molecule has 2 N–H and O–H groups in total. The molecule has 0 bridgehead atoms. The monoisotopic (exact) mass is 961 g/mol. The van der Waals surface area contributed by atoms with Crippen LogP contribution in [0.5, 0.6) is 11.5 Å². The third-order valence-electron chi connectivity index (χ3n) is 14.2. The van der Waals surface area contributed by atoms with Gasteiger partial charge in [-0.1, -0.05) is 35.9 Å². The van der Waals surface area contributed by atoms with E-state index in [0.29, 0.717) is 99.2 Å². The van der Waals surface area contributed by atoms with Crippen LogP contribution in [0.25, 0.3) is 22.0 Å². The summed E-state index contributed by atoms with van der Waals surface area (Å²) in [4.78, 5) is 60.0. The Morgan fingerprint density at radius 2 is 1.64 bits per heavy atom. The highest BCUT2D eigenvalue weighted by Crippen LogP contribution is 2.43. The SMILES string of the molecule is Cc1nn(C)c(C)c1-c1c(Cl)ccc2c(CCCOc3cccc4c3CCCC4)c(C(=O)OC(C)(C)C)n(CCN3CCN(C(=O)COc4cccc5c4CN(C4CCC(O)NC4=O)C5=O)CC3)c12. The second kappa shape index (κ2) is 19.8. The van der Waals surface area contributed by atoms with Gasteiger partial charge in [-0.25, -0.2) is 4.79 Å². The zero-order valence-electron chi connectivity index (χ0n) is 40.7. The van der Waals surface area contributed by atoms with Gasteiger partial charge in [0.05, 0.1) is 29.4 Å². The topological polar surface area (TPSA) is 161 Å². The van der Waals surface area contributed by atoms with E-state index in [1.165, 1.54) is 22.4 Å². The fourth-order valence-electron chi connectivity index (χ4n) is 10.7. The van der Waals surface area contributed by atoms with Crippen molar-refractivity contribution < 1.29 is 38.5 Å². The highest BCUT2D eigenvalue weighted by atomic mass is 35.5. The standard InChI is InChI=1S/C53H64ClN7O8/c1-32-46(33(2)57(6)56-32)47-40(54)20-19-37-36(16-11-29-67-42-17-9-13-34-12-7-8-14-35(34)42)49(52(66)69-53(3,4)5)60(48(37)47)28-25-58-23-26-59(27-24-58)45(63)31-68-43-18-10-15-38-39(43)30-61(51(38)65)41-21-22-44(62)55-50(41)64/h9-10,13,15,17-20,41,44,62H,7-8,11-12,14,16,21-31H2,1-6H3,(H,55,64). The van der Waals surface area contributed by atoms with E-state index in [9.17, 15) is 24.3 Å². The third kappa shape index (κ3) is 9.82. The number of amides is 3. The van der Waals surface area contributed by atoms with Gasteiger partial charge in [0.15, 0.2) is 6.61 Å². The summed E-state index contributed by atoms with van der Waals surface area (Å²) in [6.45, 7) is 13.4. The summed E-state index contributed by atoms with van der Waals surface area (Å²) in [7, 11) is 1.92. The number of piperidine rings is 1. The van der Waals surface area contributed by atoms with Gasteiger partial charge in [0, 0.05) is 79.7 Å². The average Bonchev–Trinajstić information content (AvgIpc) is 3.92. The van der Waals surface area contributed by atoms with Crippen molar-refractivity contribution in [1.82, 2.24) is 34.4 Å². The Morgan fingerprint density at radius 3 is 2.36 bits per heavy atom. The van der Waals surface area contributed by atoms with E-state index in [4.69, 9.17) is 30.9 Å². The molecule has 9 rings (SSSR count). The van der Waals surface area contributed by atoms with Crippen molar-refractivity contribution in [2.75, 3.05) is 45.9 Å². The Hall–Kier alpha value is -5.90. The summed E-state index contributed by atoms with van der Waals surface area (Å²) >= 11 is 7.22. The van der Waals surface area contributed by atoms with Crippen LogP contribution in [0.15, 0.2) is 48.5 Å². The van der Waals surface area contributed by atoms with Crippen LogP contribution >= 0.6 is 11.6 Å². The van der Waals surface area contributed by atoms with Crippen LogP contribution in [0, 0.1) is 13.8 Å². The second-order valence-electron chi connectivity index (χ2n) is 19.9. The van der Waals surface area contributed by atoms with Crippen molar-refractivity contribution in [2.45, 2.75) is 117 Å². The molecule has 2 fully saturated rings. The molecule has 4 aliphatic rings. The first-order valence-corrected chi connectivity index (χ1v) is 24.8. The predicted molar refractivity (Wildman–Crippen MR) is 263 cm³/mol. The fraction of sp³-hybridized carbons (Fsp3) is 0.491. The number of nitrogens with one attached hydrogen (secondary N) is 1. The number of esters is 1. The Bertz CT molecular complexity index is 2800. The van der Waals surface area contributed by atoms with Crippen molar-refractivity contribution in [3.63, 3.8) is 0 Å². The molecule has 0 spiro atoms. The summed E-state index contributed by atoms with van der Waals surface area (Å²) in [5.41, 5.74) is 8.84. The van der Waals surface area contributed by atoms with Crippen LogP contribution in [0.1, 0.15) is 107 Å². The smallest absolute Gasteiger partial charge is 0.355 e. The summed E-state index contributed by atoms with van der Waals surface area (Å²) in [5, 5.41) is 18.7. The number of carbonyl (C=O) groups is 4. The fourth-order valence-corrected chi connectivity index (χ4v) is 10.9. The Kier molecular flexibility index (Phi) is 13.8. The second-order valence-corrected chi connectivity index (χ2v) is 20.3. The highest BCUT2D eigenvalue weighted by molar-refractivity contribution is 6.35. The van der Waals surface area contributed by atoms with E-state index in [1.807, 2.05) is 58.5 Å². The van der Waals surface area contributed by atoms with Gasteiger partial charge in [-0.3, -0.25) is 24.0 Å². The lowest BCUT2D eigenvalue weighted by atomic mass is 9.91. The molecule has 1 aliphatic carbocycles. The zero-order chi connectivity index (χ0) is 48.7. The van der Waals surface area contributed by atoms with Crippen LogP contribution in [-0.4, -0.2) is 122 Å². The largest absolute Gasteiger partial charge is 0.493 e. The number of benzene rings is 3. The Labute approximate surface area is 408 Å². The molecule has 0 saturated carbocycles. The molecule has 16 heteroatoms. The third-order valence-corrected chi connectivity index (χ3v) is 14.5. The predicted octanol–water partition coefficient (Wildman–Crippen LogP) is 6.93. The van der Waals surface area contributed by atoms with Gasteiger partial charge in [0.25, 0.3) is 11.8 Å². The minimum atomic E-state index is -0.919. The Balaban J connectivity index is 0.929. The van der Waals surface area contributed by atoms with Crippen LogP contribution in [-0.2, 0) is 53.7 Å². The molecule has 2 unspecified atom stereocenters. The van der Waals surface area contributed by atoms with E-state index in [-0.39, 0.29) is 30.9 Å². The minimum Gasteiger partial charge on any atom is -0.493 e. The summed E-state index contributed by atoms with van der Waals surface area (Å²) in [6.07, 6.45) is 5.50. The molecule has 366 valence electrons. The molecule has 3 aromatic carbocycles. The maximum absolute atomic E-state index is 14.6. The summed E-state index contributed by atoms with van der Waals surface area (Å²) in [6, 6.07) is 14.8. The molecule has 3 amide bonds. The maximum Gasteiger partial charge on any atom is 0.355 e. The zero-order valence-corrected chi connectivity index (χ0v) is 41.4. The first-order valence-electron chi connectivity index (χ1n) is 24.4. The first-order chi connectivity index (χ1) is 33.1. The molecule has 5 aromatic rings. The van der Waals surface area contributed by atoms with Crippen molar-refractivity contribution in [3.05, 3.63) is 98.5 Å². The number of ether oxygens (including phenoxy) is 3. The molecular weight excluding hydrogens is 898 g/mol. The first kappa shape index (κ1) is 48.1. The lowest BCUT2D eigenvalue weighted by Crippen LogP contribution is -2.54. The number of hydrogen-bond acceptors (Lipinski definition) is 10. The van der Waals surface area contributed by atoms with Crippen LogP contribution < -0.4 is 14.8 Å². The van der Waals surface area contributed by atoms with E-state index < -0.39 is 23.8 Å². The van der Waals surface area contributed by atoms with Crippen LogP contribution in [0.2, 0.25) is 5.02 Å². The van der Waals surface area contributed by atoms with Gasteiger partial charge < -0.3 is 39.0 Å². The number of aromatic nitrogens is 3. The molecule has 2 atom stereocenters. The van der Waals surface area contributed by atoms with Crippen molar-refractivity contribution in [3.8, 4) is 22.6 Å². The normalized spacial score (nSPS) is 18.6. The molecule has 15 nitrogen and oxygen atoms in total. The molecule has 2 saturated heterocycles. The number of fused-ring (bicyclic) bond motifs is 3. The van der Waals surface area contributed by atoms with Gasteiger partial charge >= 0.3 is 5.97 Å². The summed E-state index contributed by atoms with van der Waals surface area (Å²) in [5.74, 6) is 0.161. The molecule has 3 aliphatic heterocycles. The van der Waals surface area contributed by atoms with Gasteiger partial charge in [0.1, 0.15) is 35.1 Å². The van der Waals surface area contributed by atoms with Gasteiger partial charge in [-0.2, -0.15) is 5.10 Å². The van der Waals surface area contributed by atoms with Gasteiger partial charge in [-0.15, -0.1) is 0 Å². The quantitative estimate of drug-likeness (QED) is 0.0883. The number of nitrogens with zero attached hydrogens (tertiary/aromatic N) is 6. The van der Waals surface area contributed by atoms with Gasteiger partial charge in [-0.05, 0) is 127 Å². The number of aryl methyl sites for hydroxylation is 4. The number of carbonyl (C=O) groups excluding carboxylic acids is 4. The Morgan fingerprint density at radius 1 is 0.899 bits per heavy atom. The molecule has 2 aromatic heterocycles. The van der Waals surface area contributed by atoms with Gasteiger partial charge in [0.2, 0.25) is 5.91 Å². The number of aliphatic hydroxyl groups is 1. The number of aliphatic hydroxyl groups excluding tert-OH is 1. The van der Waals surface area contributed by atoms with Crippen LogP contribution in [0.4, 0.5) is 0 Å². The average molecular weight is 963 g/mol. The molecular formula is C53H64ClN7O8. The van der Waals surface area contributed by atoms with Crippen molar-refractivity contribution in [1.29, 1.82) is 0 Å². The number of hydrogen-bond donors (Lipinski definition) is 2. The van der Waals surface area contributed by atoms with Crippen molar-refractivity contribution in [2.24, 2.45) is 7.05 Å². The van der Waals surface area contributed by atoms with E-state index in [2.05, 4.69) is 33.0 Å². The molecule has 69 heavy (non-hydrogen) atoms. The van der Waals surface area contributed by atoms with E-state index >= 15 is 0 Å². The molecule has 0 radical (unpaired) electrons. The van der Waals surface area contributed by atoms with E-state index in [1.54, 1.807) is 23.1 Å². The van der Waals surface area contributed by atoms with Crippen LogP contribution in [0.3, 0.4) is 0 Å². The van der Waals surface area contributed by atoms with E-state index in [0.717, 1.165) is 64.0 Å². The number of rotatable bonds is 14.